The fourth-order valence-corrected chi connectivity index (χ4v) is 2.66. The largest absolute Gasteiger partial charge is 0.378 e. The third kappa shape index (κ3) is 3.52. The van der Waals surface area contributed by atoms with E-state index in [-0.39, 0.29) is 11.9 Å². The SMILES string of the molecule is O=C(Nc1n[nH]c(-c2ccccn2)n1)c1cc(N2CCOCC2)ccn1. The number of carbonyl (C=O) groups excluding carboxylic acids is 1. The van der Waals surface area contributed by atoms with Crippen LogP contribution in [0.2, 0.25) is 0 Å². The first-order valence-corrected chi connectivity index (χ1v) is 8.23. The number of amides is 1. The van der Waals surface area contributed by atoms with E-state index in [0.29, 0.717) is 30.4 Å². The topological polar surface area (TPSA) is 109 Å². The lowest BCUT2D eigenvalue weighted by Gasteiger charge is -2.28. The molecule has 2 N–H and O–H groups in total. The quantitative estimate of drug-likeness (QED) is 0.730. The van der Waals surface area contributed by atoms with Crippen molar-refractivity contribution >= 4 is 17.5 Å². The zero-order chi connectivity index (χ0) is 17.8. The number of anilines is 2. The molecule has 0 aromatic carbocycles. The normalized spacial score (nSPS) is 14.2. The maximum Gasteiger partial charge on any atom is 0.276 e. The van der Waals surface area contributed by atoms with Gasteiger partial charge in [-0.25, -0.2) is 0 Å². The van der Waals surface area contributed by atoms with Crippen LogP contribution < -0.4 is 10.2 Å². The average Bonchev–Trinajstić information content (AvgIpc) is 3.18. The predicted molar refractivity (Wildman–Crippen MR) is 94.8 cm³/mol. The molecule has 3 aromatic rings. The van der Waals surface area contributed by atoms with E-state index in [1.54, 1.807) is 24.5 Å². The summed E-state index contributed by atoms with van der Waals surface area (Å²) in [5, 5.41) is 9.42. The van der Waals surface area contributed by atoms with Crippen molar-refractivity contribution in [3.63, 3.8) is 0 Å². The monoisotopic (exact) mass is 351 g/mol. The van der Waals surface area contributed by atoms with Gasteiger partial charge >= 0.3 is 0 Å². The Morgan fingerprint density at radius 2 is 2.04 bits per heavy atom. The number of aromatic nitrogens is 5. The van der Waals surface area contributed by atoms with Crippen LogP contribution in [0.5, 0.6) is 0 Å². The lowest BCUT2D eigenvalue weighted by atomic mass is 10.2. The number of hydrogen-bond acceptors (Lipinski definition) is 7. The molecule has 1 fully saturated rings. The molecule has 0 atom stereocenters. The standard InChI is InChI=1S/C17H17N7O2/c25-16(14-11-12(4-6-19-14)24-7-9-26-10-8-24)21-17-20-15(22-23-17)13-3-1-2-5-18-13/h1-6,11H,7-10H2,(H2,20,21,22,23,25). The number of carbonyl (C=O) groups is 1. The van der Waals surface area contributed by atoms with Crippen LogP contribution in [0, 0.1) is 0 Å². The summed E-state index contributed by atoms with van der Waals surface area (Å²) < 4.78 is 5.36. The van der Waals surface area contributed by atoms with Crippen LogP contribution in [-0.2, 0) is 4.74 Å². The fourth-order valence-electron chi connectivity index (χ4n) is 2.66. The van der Waals surface area contributed by atoms with E-state index >= 15 is 0 Å². The van der Waals surface area contributed by atoms with Gasteiger partial charge in [-0.15, -0.1) is 5.10 Å². The highest BCUT2D eigenvalue weighted by atomic mass is 16.5. The zero-order valence-corrected chi connectivity index (χ0v) is 13.9. The highest BCUT2D eigenvalue weighted by Crippen LogP contribution is 2.17. The van der Waals surface area contributed by atoms with E-state index in [2.05, 4.69) is 35.4 Å². The van der Waals surface area contributed by atoms with Crippen LogP contribution in [0.4, 0.5) is 11.6 Å². The minimum absolute atomic E-state index is 0.175. The third-order valence-corrected chi connectivity index (χ3v) is 3.97. The van der Waals surface area contributed by atoms with Crippen molar-refractivity contribution in [2.45, 2.75) is 0 Å². The maximum atomic E-state index is 12.5. The van der Waals surface area contributed by atoms with Gasteiger partial charge < -0.3 is 9.64 Å². The smallest absolute Gasteiger partial charge is 0.276 e. The number of rotatable bonds is 4. The van der Waals surface area contributed by atoms with Gasteiger partial charge in [0.15, 0.2) is 5.82 Å². The summed E-state index contributed by atoms with van der Waals surface area (Å²) in [6.07, 6.45) is 3.29. The average molecular weight is 351 g/mol. The number of nitrogens with one attached hydrogen (secondary N) is 2. The molecule has 3 aromatic heterocycles. The minimum Gasteiger partial charge on any atom is -0.378 e. The van der Waals surface area contributed by atoms with Gasteiger partial charge in [-0.05, 0) is 24.3 Å². The van der Waals surface area contributed by atoms with Crippen LogP contribution >= 0.6 is 0 Å². The molecule has 1 amide bonds. The van der Waals surface area contributed by atoms with Gasteiger partial charge in [0.05, 0.1) is 13.2 Å². The molecule has 0 radical (unpaired) electrons. The van der Waals surface area contributed by atoms with Crippen molar-refractivity contribution in [2.24, 2.45) is 0 Å². The first-order valence-electron chi connectivity index (χ1n) is 8.23. The van der Waals surface area contributed by atoms with E-state index in [4.69, 9.17) is 4.74 Å². The summed E-state index contributed by atoms with van der Waals surface area (Å²) in [6, 6.07) is 9.11. The van der Waals surface area contributed by atoms with E-state index in [1.807, 2.05) is 18.2 Å². The summed E-state index contributed by atoms with van der Waals surface area (Å²) in [5.74, 6) is 0.289. The Bertz CT molecular complexity index is 891. The van der Waals surface area contributed by atoms with Gasteiger partial charge in [0.1, 0.15) is 11.4 Å². The van der Waals surface area contributed by atoms with Crippen LogP contribution in [-0.4, -0.2) is 57.4 Å². The highest BCUT2D eigenvalue weighted by molar-refractivity contribution is 6.02. The van der Waals surface area contributed by atoms with Gasteiger partial charge in [0.2, 0.25) is 5.95 Å². The van der Waals surface area contributed by atoms with Crippen LogP contribution in [0.1, 0.15) is 10.5 Å². The molecule has 9 heteroatoms. The van der Waals surface area contributed by atoms with E-state index in [1.165, 1.54) is 0 Å². The Morgan fingerprint density at radius 3 is 2.85 bits per heavy atom. The minimum atomic E-state index is -0.369. The molecule has 1 aliphatic heterocycles. The number of H-pyrrole nitrogens is 1. The lowest BCUT2D eigenvalue weighted by Crippen LogP contribution is -2.36. The number of pyridine rings is 2. The van der Waals surface area contributed by atoms with Crippen molar-refractivity contribution < 1.29 is 9.53 Å². The summed E-state index contributed by atoms with van der Waals surface area (Å²) in [4.78, 5) is 27.2. The summed E-state index contributed by atoms with van der Waals surface area (Å²) in [5.41, 5.74) is 1.89. The molecule has 0 bridgehead atoms. The molecule has 1 saturated heterocycles. The maximum absolute atomic E-state index is 12.5. The predicted octanol–water partition coefficient (Wildman–Crippen LogP) is 1.35. The summed E-state index contributed by atoms with van der Waals surface area (Å²) in [6.45, 7) is 2.94. The third-order valence-electron chi connectivity index (χ3n) is 3.97. The Morgan fingerprint density at radius 1 is 1.15 bits per heavy atom. The fraction of sp³-hybridized carbons (Fsp3) is 0.235. The number of morpholine rings is 1. The molecule has 0 spiro atoms. The van der Waals surface area contributed by atoms with Crippen LogP contribution in [0.25, 0.3) is 11.5 Å². The van der Waals surface area contributed by atoms with E-state index in [0.717, 1.165) is 18.8 Å². The van der Waals surface area contributed by atoms with Gasteiger partial charge in [0, 0.05) is 31.2 Å². The second-order valence-electron chi connectivity index (χ2n) is 5.68. The Kier molecular flexibility index (Phi) is 4.52. The summed E-state index contributed by atoms with van der Waals surface area (Å²) >= 11 is 0. The van der Waals surface area contributed by atoms with E-state index in [9.17, 15) is 4.79 Å². The molecule has 0 unspecified atom stereocenters. The van der Waals surface area contributed by atoms with Gasteiger partial charge in [-0.2, -0.15) is 4.98 Å². The van der Waals surface area contributed by atoms with Crippen molar-refractivity contribution in [3.05, 3.63) is 48.4 Å². The number of ether oxygens (including phenoxy) is 1. The van der Waals surface area contributed by atoms with E-state index < -0.39 is 0 Å². The number of aromatic amines is 1. The first-order chi connectivity index (χ1) is 12.8. The van der Waals surface area contributed by atoms with Crippen molar-refractivity contribution in [1.82, 2.24) is 25.1 Å². The molecule has 4 rings (SSSR count). The molecular formula is C17H17N7O2. The van der Waals surface area contributed by atoms with Crippen molar-refractivity contribution in [2.75, 3.05) is 36.5 Å². The molecule has 0 saturated carbocycles. The molecule has 132 valence electrons. The second-order valence-corrected chi connectivity index (χ2v) is 5.68. The first kappa shape index (κ1) is 16.2. The zero-order valence-electron chi connectivity index (χ0n) is 13.9. The van der Waals surface area contributed by atoms with Gasteiger partial charge in [0.25, 0.3) is 5.91 Å². The molecular weight excluding hydrogens is 334 g/mol. The number of nitrogens with zero attached hydrogens (tertiary/aromatic N) is 5. The Balaban J connectivity index is 1.47. The van der Waals surface area contributed by atoms with Crippen LogP contribution in [0.3, 0.4) is 0 Å². The van der Waals surface area contributed by atoms with Crippen LogP contribution in [0.15, 0.2) is 42.7 Å². The van der Waals surface area contributed by atoms with Gasteiger partial charge in [-0.3, -0.25) is 25.2 Å². The highest BCUT2D eigenvalue weighted by Gasteiger charge is 2.16. The summed E-state index contributed by atoms with van der Waals surface area (Å²) in [7, 11) is 0. The Hall–Kier alpha value is -3.33. The molecule has 0 aliphatic carbocycles. The molecule has 4 heterocycles. The Labute approximate surface area is 149 Å². The molecule has 26 heavy (non-hydrogen) atoms. The number of hydrogen-bond donors (Lipinski definition) is 2. The van der Waals surface area contributed by atoms with Crippen molar-refractivity contribution in [3.8, 4) is 11.5 Å². The van der Waals surface area contributed by atoms with Crippen molar-refractivity contribution in [1.29, 1.82) is 0 Å². The molecule has 9 nitrogen and oxygen atoms in total. The van der Waals surface area contributed by atoms with Gasteiger partial charge in [-0.1, -0.05) is 6.07 Å². The lowest BCUT2D eigenvalue weighted by molar-refractivity contribution is 0.102. The molecule has 1 aliphatic rings. The second kappa shape index (κ2) is 7.28.